The molecule has 0 amide bonds. The molecule has 4 N–H and O–H groups in total. The maximum absolute atomic E-state index is 10.9. The van der Waals surface area contributed by atoms with Gasteiger partial charge in [-0.3, -0.25) is 9.59 Å². The normalized spacial score (nSPS) is 9.92. The molecule has 70 valence electrons. The van der Waals surface area contributed by atoms with Crippen LogP contribution in [0.5, 0.6) is 0 Å². The average molecular weight is 183 g/mol. The average Bonchev–Trinajstić information content (AvgIpc) is 1.99. The van der Waals surface area contributed by atoms with Gasteiger partial charge in [0.2, 0.25) is 0 Å². The smallest absolute Gasteiger partial charge is 0.309 e. The van der Waals surface area contributed by atoms with E-state index in [1.54, 1.807) is 6.92 Å². The lowest BCUT2D eigenvalue weighted by Crippen LogP contribution is -2.18. The number of rotatable bonds is 2. The second kappa shape index (κ2) is 3.26. The van der Waals surface area contributed by atoms with Gasteiger partial charge in [-0.1, -0.05) is 0 Å². The third kappa shape index (κ3) is 2.05. The van der Waals surface area contributed by atoms with E-state index in [1.807, 2.05) is 0 Å². The van der Waals surface area contributed by atoms with Crippen molar-refractivity contribution in [3.8, 4) is 0 Å². The third-order valence-corrected chi connectivity index (χ3v) is 1.54. The molecule has 1 aromatic rings. The number of aliphatic carboxylic acids is 1. The summed E-state index contributed by atoms with van der Waals surface area (Å²) in [7, 11) is 0. The first-order valence-electron chi connectivity index (χ1n) is 3.57. The predicted octanol–water partition coefficient (Wildman–Crippen LogP) is -0.712. The Balaban J connectivity index is 3.16. The van der Waals surface area contributed by atoms with Gasteiger partial charge in [0.05, 0.1) is 12.1 Å². The standard InChI is InChI=1S/C7H9N3O3/c1-3-4(2-5(11)12)10-6(8)7(13)9-3/h2H2,1H3,(H2,8,10)(H,9,13)(H,11,12). The highest BCUT2D eigenvalue weighted by Gasteiger charge is 2.08. The highest BCUT2D eigenvalue weighted by molar-refractivity contribution is 5.69. The number of hydrogen-bond acceptors (Lipinski definition) is 4. The molecular weight excluding hydrogens is 174 g/mol. The van der Waals surface area contributed by atoms with Gasteiger partial charge in [-0.25, -0.2) is 4.98 Å². The monoisotopic (exact) mass is 183 g/mol. The Kier molecular flexibility index (Phi) is 2.32. The first kappa shape index (κ1) is 9.24. The summed E-state index contributed by atoms with van der Waals surface area (Å²) in [5.74, 6) is -1.22. The molecule has 0 fully saturated rings. The minimum Gasteiger partial charge on any atom is -0.481 e. The van der Waals surface area contributed by atoms with Crippen LogP contribution in [-0.2, 0) is 11.2 Å². The Morgan fingerprint density at radius 1 is 1.69 bits per heavy atom. The maximum Gasteiger partial charge on any atom is 0.309 e. The Morgan fingerprint density at radius 2 is 2.31 bits per heavy atom. The van der Waals surface area contributed by atoms with Crippen molar-refractivity contribution < 1.29 is 9.90 Å². The molecule has 0 aromatic carbocycles. The summed E-state index contributed by atoms with van der Waals surface area (Å²) in [6, 6.07) is 0. The van der Waals surface area contributed by atoms with Crippen molar-refractivity contribution >= 4 is 11.8 Å². The Bertz CT molecular complexity index is 396. The SMILES string of the molecule is Cc1[nH]c(=O)c(N)nc1CC(=O)O. The Morgan fingerprint density at radius 3 is 2.85 bits per heavy atom. The van der Waals surface area contributed by atoms with Crippen molar-refractivity contribution in [2.24, 2.45) is 0 Å². The van der Waals surface area contributed by atoms with E-state index in [2.05, 4.69) is 9.97 Å². The number of H-pyrrole nitrogens is 1. The third-order valence-electron chi connectivity index (χ3n) is 1.54. The molecule has 0 spiro atoms. The molecule has 13 heavy (non-hydrogen) atoms. The topological polar surface area (TPSA) is 109 Å². The fourth-order valence-electron chi connectivity index (χ4n) is 0.902. The lowest BCUT2D eigenvalue weighted by Gasteiger charge is -2.01. The van der Waals surface area contributed by atoms with Crippen molar-refractivity contribution in [2.45, 2.75) is 13.3 Å². The zero-order valence-corrected chi connectivity index (χ0v) is 7.00. The number of aromatic amines is 1. The summed E-state index contributed by atoms with van der Waals surface area (Å²) < 4.78 is 0. The molecule has 0 radical (unpaired) electrons. The molecule has 0 atom stereocenters. The zero-order valence-electron chi connectivity index (χ0n) is 7.00. The van der Waals surface area contributed by atoms with Crippen LogP contribution < -0.4 is 11.3 Å². The molecule has 0 aliphatic heterocycles. The summed E-state index contributed by atoms with van der Waals surface area (Å²) in [6.45, 7) is 1.58. The number of nitrogens with zero attached hydrogens (tertiary/aromatic N) is 1. The van der Waals surface area contributed by atoms with E-state index in [0.29, 0.717) is 5.69 Å². The highest BCUT2D eigenvalue weighted by atomic mass is 16.4. The second-order valence-corrected chi connectivity index (χ2v) is 2.59. The van der Waals surface area contributed by atoms with E-state index in [4.69, 9.17) is 10.8 Å². The summed E-state index contributed by atoms with van der Waals surface area (Å²) in [5, 5.41) is 8.48. The number of nitrogen functional groups attached to an aromatic ring is 1. The van der Waals surface area contributed by atoms with Crippen LogP contribution in [0, 0.1) is 6.92 Å². The number of anilines is 1. The number of nitrogens with one attached hydrogen (secondary N) is 1. The minimum atomic E-state index is -1.01. The van der Waals surface area contributed by atoms with Crippen molar-refractivity contribution in [2.75, 3.05) is 5.73 Å². The first-order chi connectivity index (χ1) is 6.00. The van der Waals surface area contributed by atoms with Crippen LogP contribution >= 0.6 is 0 Å². The number of carboxylic acids is 1. The number of aryl methyl sites for hydroxylation is 1. The predicted molar refractivity (Wildman–Crippen MR) is 45.3 cm³/mol. The van der Waals surface area contributed by atoms with Gasteiger partial charge in [-0.05, 0) is 6.92 Å². The molecular formula is C7H9N3O3. The fraction of sp³-hybridized carbons (Fsp3) is 0.286. The first-order valence-corrected chi connectivity index (χ1v) is 3.57. The van der Waals surface area contributed by atoms with Gasteiger partial charge in [-0.15, -0.1) is 0 Å². The quantitative estimate of drug-likeness (QED) is 0.561. The molecule has 6 heteroatoms. The molecule has 0 aliphatic carbocycles. The molecule has 0 saturated carbocycles. The number of carboxylic acid groups (broad SMARTS) is 1. The second-order valence-electron chi connectivity index (χ2n) is 2.59. The van der Waals surface area contributed by atoms with Crippen LogP contribution in [0.2, 0.25) is 0 Å². The van der Waals surface area contributed by atoms with Gasteiger partial charge >= 0.3 is 5.97 Å². The maximum atomic E-state index is 10.9. The van der Waals surface area contributed by atoms with Crippen LogP contribution in [0.1, 0.15) is 11.4 Å². The number of nitrogens with two attached hydrogens (primary N) is 1. The molecule has 0 bridgehead atoms. The molecule has 0 unspecified atom stereocenters. The summed E-state index contributed by atoms with van der Waals surface area (Å²) in [5.41, 5.74) is 5.44. The summed E-state index contributed by atoms with van der Waals surface area (Å²) in [4.78, 5) is 27.3. The minimum absolute atomic E-state index is 0.207. The van der Waals surface area contributed by atoms with Crippen LogP contribution in [0.3, 0.4) is 0 Å². The van der Waals surface area contributed by atoms with Gasteiger partial charge in [0, 0.05) is 5.69 Å². The van der Waals surface area contributed by atoms with Crippen LogP contribution in [0.4, 0.5) is 5.82 Å². The summed E-state index contributed by atoms with van der Waals surface area (Å²) >= 11 is 0. The van der Waals surface area contributed by atoms with Gasteiger partial charge in [0.15, 0.2) is 5.82 Å². The molecule has 0 aliphatic rings. The van der Waals surface area contributed by atoms with Gasteiger partial charge in [-0.2, -0.15) is 0 Å². The number of aromatic nitrogens is 2. The van der Waals surface area contributed by atoms with Crippen molar-refractivity contribution in [3.05, 3.63) is 21.7 Å². The van der Waals surface area contributed by atoms with E-state index >= 15 is 0 Å². The molecule has 1 aromatic heterocycles. The largest absolute Gasteiger partial charge is 0.481 e. The van der Waals surface area contributed by atoms with Crippen molar-refractivity contribution in [3.63, 3.8) is 0 Å². The van der Waals surface area contributed by atoms with Gasteiger partial charge in [0.1, 0.15) is 0 Å². The van der Waals surface area contributed by atoms with Crippen LogP contribution in [0.25, 0.3) is 0 Å². The van der Waals surface area contributed by atoms with E-state index in [1.165, 1.54) is 0 Å². The Hall–Kier alpha value is -1.85. The molecule has 1 rings (SSSR count). The van der Waals surface area contributed by atoms with E-state index in [-0.39, 0.29) is 17.9 Å². The summed E-state index contributed by atoms with van der Waals surface area (Å²) in [6.07, 6.45) is -0.243. The van der Waals surface area contributed by atoms with Crippen LogP contribution in [-0.4, -0.2) is 21.0 Å². The lowest BCUT2D eigenvalue weighted by atomic mass is 10.2. The van der Waals surface area contributed by atoms with Crippen LogP contribution in [0.15, 0.2) is 4.79 Å². The molecule has 0 saturated heterocycles. The van der Waals surface area contributed by atoms with Crippen molar-refractivity contribution in [1.29, 1.82) is 0 Å². The Labute approximate surface area is 73.4 Å². The van der Waals surface area contributed by atoms with E-state index in [9.17, 15) is 9.59 Å². The lowest BCUT2D eigenvalue weighted by molar-refractivity contribution is -0.136. The number of hydrogen-bond donors (Lipinski definition) is 3. The highest BCUT2D eigenvalue weighted by Crippen LogP contribution is 2.01. The van der Waals surface area contributed by atoms with Crippen molar-refractivity contribution in [1.82, 2.24) is 9.97 Å². The molecule has 1 heterocycles. The van der Waals surface area contributed by atoms with E-state index in [0.717, 1.165) is 0 Å². The molecule has 6 nitrogen and oxygen atoms in total. The fourth-order valence-corrected chi connectivity index (χ4v) is 0.902. The van der Waals surface area contributed by atoms with Gasteiger partial charge < -0.3 is 15.8 Å². The van der Waals surface area contributed by atoms with Gasteiger partial charge in [0.25, 0.3) is 5.56 Å². The zero-order chi connectivity index (χ0) is 10.0. The van der Waals surface area contributed by atoms with E-state index < -0.39 is 11.5 Å². The number of carbonyl (C=O) groups is 1.